The average molecular weight is 282 g/mol. The quantitative estimate of drug-likeness (QED) is 0.442. The summed E-state index contributed by atoms with van der Waals surface area (Å²) < 4.78 is 5.03. The van der Waals surface area contributed by atoms with Crippen molar-refractivity contribution in [3.05, 3.63) is 12.2 Å². The molecule has 0 N–H and O–H groups in total. The molecule has 20 heavy (non-hydrogen) atoms. The van der Waals surface area contributed by atoms with Gasteiger partial charge in [0.15, 0.2) is 0 Å². The first-order chi connectivity index (χ1) is 9.56. The molecule has 0 radical (unpaired) electrons. The number of allylic oxidation sites excluding steroid dienone is 1. The number of aldehydes is 2. The average Bonchev–Trinajstić information content (AvgIpc) is 2.74. The first kappa shape index (κ1) is 16.0. The van der Waals surface area contributed by atoms with Gasteiger partial charge in [0.2, 0.25) is 11.8 Å². The normalized spacial score (nSPS) is 22.3. The zero-order chi connectivity index (χ0) is 15.1. The maximum Gasteiger partial charge on any atom is 0.247 e. The van der Waals surface area contributed by atoms with E-state index in [1.54, 1.807) is 0 Å². The Kier molecular flexibility index (Phi) is 6.05. The summed E-state index contributed by atoms with van der Waals surface area (Å²) >= 11 is 0. The lowest BCUT2D eigenvalue weighted by molar-refractivity contribution is -0.139. The summed E-state index contributed by atoms with van der Waals surface area (Å²) in [6, 6.07) is -0.869. The Balaban J connectivity index is 2.83. The molecule has 1 saturated heterocycles. The fourth-order valence-corrected chi connectivity index (χ4v) is 2.24. The lowest BCUT2D eigenvalue weighted by Crippen LogP contribution is -2.43. The van der Waals surface area contributed by atoms with Crippen molar-refractivity contribution in [1.82, 2.24) is 9.80 Å². The van der Waals surface area contributed by atoms with Gasteiger partial charge in [0, 0.05) is 20.2 Å². The maximum atomic E-state index is 12.2. The van der Waals surface area contributed by atoms with Gasteiger partial charge in [0.1, 0.15) is 18.6 Å². The monoisotopic (exact) mass is 282 g/mol. The van der Waals surface area contributed by atoms with Gasteiger partial charge in [-0.2, -0.15) is 0 Å². The molecule has 1 fully saturated rings. The highest BCUT2D eigenvalue weighted by Gasteiger charge is 2.42. The molecule has 1 aliphatic rings. The van der Waals surface area contributed by atoms with E-state index in [2.05, 4.69) is 0 Å². The highest BCUT2D eigenvalue weighted by Crippen LogP contribution is 2.23. The van der Waals surface area contributed by atoms with Crippen molar-refractivity contribution in [3.63, 3.8) is 0 Å². The zero-order valence-electron chi connectivity index (χ0n) is 11.5. The van der Waals surface area contributed by atoms with Gasteiger partial charge in [-0.15, -0.1) is 0 Å². The van der Waals surface area contributed by atoms with E-state index in [1.807, 2.05) is 0 Å². The second-order valence-corrected chi connectivity index (χ2v) is 4.46. The lowest BCUT2D eigenvalue weighted by Gasteiger charge is -2.22. The highest BCUT2D eigenvalue weighted by molar-refractivity contribution is 5.95. The van der Waals surface area contributed by atoms with Crippen LogP contribution in [0.1, 0.15) is 6.42 Å². The molecule has 2 unspecified atom stereocenters. The maximum absolute atomic E-state index is 12.2. The first-order valence-corrected chi connectivity index (χ1v) is 6.18. The second-order valence-electron chi connectivity index (χ2n) is 4.46. The molecule has 110 valence electrons. The summed E-state index contributed by atoms with van der Waals surface area (Å²) in [5.74, 6) is -0.714. The van der Waals surface area contributed by atoms with Crippen molar-refractivity contribution >= 4 is 24.4 Å². The summed E-state index contributed by atoms with van der Waals surface area (Å²) in [5.41, 5.74) is 0. The van der Waals surface area contributed by atoms with Gasteiger partial charge in [-0.3, -0.25) is 14.4 Å². The third kappa shape index (κ3) is 3.51. The number of hydrogen-bond acceptors (Lipinski definition) is 5. The van der Waals surface area contributed by atoms with Gasteiger partial charge in [0.25, 0.3) is 0 Å². The van der Waals surface area contributed by atoms with E-state index < -0.39 is 11.9 Å². The Bertz CT molecular complexity index is 421. The van der Waals surface area contributed by atoms with Crippen LogP contribution in [0.3, 0.4) is 0 Å². The number of hydrogen-bond donors (Lipinski definition) is 0. The van der Waals surface area contributed by atoms with Crippen molar-refractivity contribution in [2.45, 2.75) is 18.5 Å². The van der Waals surface area contributed by atoms with Gasteiger partial charge in [-0.05, 0) is 12.5 Å². The zero-order valence-corrected chi connectivity index (χ0v) is 11.5. The van der Waals surface area contributed by atoms with Gasteiger partial charge >= 0.3 is 0 Å². The number of carbonyl (C=O) groups excluding carboxylic acids is 4. The number of likely N-dealkylation sites (tertiary alicyclic amines) is 1. The summed E-state index contributed by atoms with van der Waals surface area (Å²) in [6.45, 7) is 0.290. The SMILES string of the molecule is COCC1CC(N(C)C(=O)/C=C\C=O)C(=O)N1CC=O. The predicted octanol–water partition coefficient (Wildman–Crippen LogP) is -0.985. The van der Waals surface area contributed by atoms with Gasteiger partial charge < -0.3 is 19.3 Å². The number of rotatable bonds is 7. The van der Waals surface area contributed by atoms with E-state index >= 15 is 0 Å². The minimum absolute atomic E-state index is 0.0183. The molecule has 0 saturated carbocycles. The Morgan fingerprint density at radius 2 is 2.20 bits per heavy atom. The molecule has 0 aromatic heterocycles. The fraction of sp³-hybridized carbons (Fsp3) is 0.538. The molecular formula is C13H18N2O5. The Labute approximate surface area is 117 Å². The summed E-state index contributed by atoms with van der Waals surface area (Å²) in [5, 5.41) is 0. The summed E-state index contributed by atoms with van der Waals surface area (Å²) in [7, 11) is 3.01. The van der Waals surface area contributed by atoms with Crippen LogP contribution < -0.4 is 0 Å². The molecule has 0 aliphatic carbocycles. The smallest absolute Gasteiger partial charge is 0.247 e. The van der Waals surface area contributed by atoms with E-state index in [-0.39, 0.29) is 18.5 Å². The van der Waals surface area contributed by atoms with Gasteiger partial charge in [0.05, 0.1) is 19.2 Å². The van der Waals surface area contributed by atoms with Crippen molar-refractivity contribution in [2.75, 3.05) is 27.3 Å². The van der Waals surface area contributed by atoms with Crippen LogP contribution in [-0.2, 0) is 23.9 Å². The van der Waals surface area contributed by atoms with Crippen LogP contribution >= 0.6 is 0 Å². The minimum Gasteiger partial charge on any atom is -0.383 e. The standard InChI is InChI=1S/C13H18N2O5/c1-14(12(18)4-3-6-16)11-8-10(9-20-2)15(5-7-17)13(11)19/h3-4,6-7,10-11H,5,8-9H2,1-2H3/b4-3-. The Hall–Kier alpha value is -2.02. The predicted molar refractivity (Wildman–Crippen MR) is 69.8 cm³/mol. The van der Waals surface area contributed by atoms with Crippen LogP contribution in [0.25, 0.3) is 0 Å². The molecule has 7 heteroatoms. The topological polar surface area (TPSA) is 84.0 Å². The van der Waals surface area contributed by atoms with E-state index in [0.29, 0.717) is 25.6 Å². The number of likely N-dealkylation sites (N-methyl/N-ethyl adjacent to an activating group) is 1. The fourth-order valence-electron chi connectivity index (χ4n) is 2.24. The molecule has 1 heterocycles. The van der Waals surface area contributed by atoms with Crippen molar-refractivity contribution in [3.8, 4) is 0 Å². The summed E-state index contributed by atoms with van der Waals surface area (Å²) in [6.07, 6.45) is 3.73. The molecule has 0 aromatic rings. The van der Waals surface area contributed by atoms with E-state index in [4.69, 9.17) is 4.74 Å². The lowest BCUT2D eigenvalue weighted by atomic mass is 10.1. The van der Waals surface area contributed by atoms with E-state index in [1.165, 1.54) is 24.0 Å². The van der Waals surface area contributed by atoms with Crippen molar-refractivity contribution in [1.29, 1.82) is 0 Å². The molecule has 2 atom stereocenters. The molecule has 0 aromatic carbocycles. The summed E-state index contributed by atoms with van der Waals surface area (Å²) in [4.78, 5) is 47.5. The Morgan fingerprint density at radius 1 is 1.50 bits per heavy atom. The molecule has 0 spiro atoms. The van der Waals surface area contributed by atoms with Gasteiger partial charge in [-0.1, -0.05) is 0 Å². The number of nitrogens with zero attached hydrogens (tertiary/aromatic N) is 2. The Morgan fingerprint density at radius 3 is 2.75 bits per heavy atom. The van der Waals surface area contributed by atoms with E-state index in [0.717, 1.165) is 12.2 Å². The van der Waals surface area contributed by atoms with Crippen LogP contribution in [0.5, 0.6) is 0 Å². The molecule has 1 aliphatic heterocycles. The van der Waals surface area contributed by atoms with Crippen LogP contribution in [0.2, 0.25) is 0 Å². The number of methoxy groups -OCH3 is 1. The first-order valence-electron chi connectivity index (χ1n) is 6.18. The van der Waals surface area contributed by atoms with Crippen LogP contribution in [0.4, 0.5) is 0 Å². The number of carbonyl (C=O) groups is 4. The second kappa shape index (κ2) is 7.54. The van der Waals surface area contributed by atoms with Crippen LogP contribution in [0.15, 0.2) is 12.2 Å². The number of amides is 2. The largest absolute Gasteiger partial charge is 0.383 e. The third-order valence-corrected chi connectivity index (χ3v) is 3.27. The van der Waals surface area contributed by atoms with Crippen molar-refractivity contribution < 1.29 is 23.9 Å². The molecule has 0 bridgehead atoms. The van der Waals surface area contributed by atoms with Crippen molar-refractivity contribution in [2.24, 2.45) is 0 Å². The molecule has 2 amide bonds. The van der Waals surface area contributed by atoms with Gasteiger partial charge in [-0.25, -0.2) is 0 Å². The van der Waals surface area contributed by atoms with Crippen LogP contribution in [0, 0.1) is 0 Å². The molecule has 7 nitrogen and oxygen atoms in total. The minimum atomic E-state index is -0.640. The third-order valence-electron chi connectivity index (χ3n) is 3.27. The number of ether oxygens (including phenoxy) is 1. The van der Waals surface area contributed by atoms with Crippen LogP contribution in [-0.4, -0.2) is 73.6 Å². The molecule has 1 rings (SSSR count). The van der Waals surface area contributed by atoms with E-state index in [9.17, 15) is 19.2 Å². The molecular weight excluding hydrogens is 264 g/mol. The highest BCUT2D eigenvalue weighted by atomic mass is 16.5.